The molecular weight excluding hydrogens is 781 g/mol. The van der Waals surface area contributed by atoms with E-state index in [2.05, 4.69) is 64.1 Å². The summed E-state index contributed by atoms with van der Waals surface area (Å²) in [6.07, 6.45) is 2.39. The van der Waals surface area contributed by atoms with E-state index in [9.17, 15) is 14.4 Å². The summed E-state index contributed by atoms with van der Waals surface area (Å²) < 4.78 is 39.6. The number of carbonyl (C=O) groups is 3. The third kappa shape index (κ3) is 4.65. The van der Waals surface area contributed by atoms with Gasteiger partial charge in [0.2, 0.25) is 0 Å². The SMILES string of the molecule is CC12c3cc4c5cc3C3(C)c6cc(c7cc6C(C)(c6cc(c(cc61)COc1cc(C=O)cc(c1)OC4)COc1cc(C=O)cc(c1)OC7)C23C)COc1cc(C=O)cc(c1)OC5. The van der Waals surface area contributed by atoms with Crippen LogP contribution in [0.25, 0.3) is 0 Å². The van der Waals surface area contributed by atoms with Gasteiger partial charge < -0.3 is 28.4 Å². The molecule has 308 valence electrons. The number of hydrogen-bond acceptors (Lipinski definition) is 9. The number of benzene rings is 6. The average molecular weight is 823 g/mol. The number of ether oxygens (including phenoxy) is 6. The van der Waals surface area contributed by atoms with E-state index >= 15 is 0 Å². The summed E-state index contributed by atoms with van der Waals surface area (Å²) in [5, 5.41) is 0. The van der Waals surface area contributed by atoms with Crippen molar-refractivity contribution in [3.63, 3.8) is 0 Å². The minimum Gasteiger partial charge on any atom is -0.489 e. The van der Waals surface area contributed by atoms with E-state index in [0.717, 1.165) is 52.2 Å². The standard InChI is InChI=1S/C53H42O9/c1-50-44-11-32-23-57-38-5-29(20-54)6-39(17-38)58-24-33-12-45(50)47-14-35(33)26-60-41-8-31(22-56)10-43(19-41)62-28-37-16-49-48-15-36(37)27-61-42-9-30(21-55)7-40(18-42)59-25-34(32)13-46(44)51(48,2)53(50,4)52(47,49)3/h5-22H,23-28H2,1-4H3. The first-order chi connectivity index (χ1) is 30.0. The molecule has 18 bridgehead atoms. The molecule has 0 spiro atoms. The Balaban J connectivity index is 1.21. The Morgan fingerprint density at radius 1 is 0.323 bits per heavy atom. The lowest BCUT2D eigenvalue weighted by atomic mass is 9.52. The number of rotatable bonds is 3. The van der Waals surface area contributed by atoms with Crippen molar-refractivity contribution in [3.05, 3.63) is 174 Å². The van der Waals surface area contributed by atoms with Crippen LogP contribution in [-0.4, -0.2) is 18.9 Å². The molecule has 9 heteroatoms. The highest BCUT2D eigenvalue weighted by Crippen LogP contribution is 2.82. The Kier molecular flexibility index (Phi) is 7.51. The number of fused-ring (bicyclic) bond motifs is 15. The van der Waals surface area contributed by atoms with Crippen LogP contribution in [0.2, 0.25) is 0 Å². The van der Waals surface area contributed by atoms with Gasteiger partial charge in [-0.3, -0.25) is 14.4 Å². The van der Waals surface area contributed by atoms with Gasteiger partial charge >= 0.3 is 0 Å². The van der Waals surface area contributed by atoms with Crippen LogP contribution >= 0.6 is 0 Å². The van der Waals surface area contributed by atoms with Crippen LogP contribution in [0.5, 0.6) is 34.5 Å². The van der Waals surface area contributed by atoms with Crippen molar-refractivity contribution >= 4 is 18.9 Å². The first kappa shape index (κ1) is 36.9. The van der Waals surface area contributed by atoms with Crippen molar-refractivity contribution in [3.8, 4) is 34.5 Å². The molecular formula is C53H42O9. The summed E-state index contributed by atoms with van der Waals surface area (Å²) in [6.45, 7) is 11.0. The van der Waals surface area contributed by atoms with E-state index in [1.165, 1.54) is 33.4 Å². The third-order valence-electron chi connectivity index (χ3n) is 15.7. The van der Waals surface area contributed by atoms with Gasteiger partial charge in [0, 0.05) is 56.5 Å². The van der Waals surface area contributed by atoms with Crippen molar-refractivity contribution in [1.29, 1.82) is 0 Å². The molecule has 3 heterocycles. The summed E-state index contributed by atoms with van der Waals surface area (Å²) in [4.78, 5) is 36.8. The maximum Gasteiger partial charge on any atom is 0.150 e. The largest absolute Gasteiger partial charge is 0.489 e. The average Bonchev–Trinajstić information content (AvgIpc) is 3.63. The summed E-state index contributed by atoms with van der Waals surface area (Å²) in [5.74, 6) is 3.01. The second-order valence-corrected chi connectivity index (χ2v) is 18.3. The zero-order valence-corrected chi connectivity index (χ0v) is 34.8. The first-order valence-corrected chi connectivity index (χ1v) is 21.1. The van der Waals surface area contributed by atoms with Gasteiger partial charge in [-0.2, -0.15) is 0 Å². The Bertz CT molecular complexity index is 2530. The Morgan fingerprint density at radius 2 is 0.516 bits per heavy atom. The normalized spacial score (nSPS) is 25.0. The minimum atomic E-state index is -0.516. The van der Waals surface area contributed by atoms with E-state index in [1.54, 1.807) is 36.4 Å². The molecule has 0 saturated carbocycles. The Morgan fingerprint density at radius 3 is 0.694 bits per heavy atom. The molecule has 12 rings (SSSR count). The molecule has 0 saturated heterocycles. The van der Waals surface area contributed by atoms with E-state index in [1.807, 2.05) is 18.2 Å². The van der Waals surface area contributed by atoms with Crippen molar-refractivity contribution in [2.75, 3.05) is 0 Å². The Hall–Kier alpha value is -6.87. The highest BCUT2D eigenvalue weighted by Gasteiger charge is 2.80. The lowest BCUT2D eigenvalue weighted by Gasteiger charge is -2.49. The second-order valence-electron chi connectivity index (χ2n) is 18.3. The fraction of sp³-hybridized carbons (Fsp3) is 0.264. The van der Waals surface area contributed by atoms with E-state index in [4.69, 9.17) is 28.4 Å². The maximum atomic E-state index is 12.3. The lowest BCUT2D eigenvalue weighted by Crippen LogP contribution is -2.51. The van der Waals surface area contributed by atoms with Gasteiger partial charge in [-0.05, 0) is 103 Å². The smallest absolute Gasteiger partial charge is 0.150 e. The molecule has 6 aromatic rings. The number of aldehydes is 3. The molecule has 0 aromatic heterocycles. The molecule has 3 aliphatic carbocycles. The molecule has 0 amide bonds. The van der Waals surface area contributed by atoms with Crippen LogP contribution in [0.1, 0.15) is 126 Å². The molecule has 0 N–H and O–H groups in total. The van der Waals surface area contributed by atoms with E-state index in [-0.39, 0.29) is 39.6 Å². The molecule has 0 radical (unpaired) electrons. The van der Waals surface area contributed by atoms with Crippen LogP contribution < -0.4 is 28.4 Å². The highest BCUT2D eigenvalue weighted by molar-refractivity contribution is 5.80. The van der Waals surface area contributed by atoms with Crippen molar-refractivity contribution < 1.29 is 42.8 Å². The Labute approximate surface area is 358 Å². The molecule has 3 aliphatic heterocycles. The lowest BCUT2D eigenvalue weighted by molar-refractivity contribution is 0.0995. The van der Waals surface area contributed by atoms with Crippen molar-refractivity contribution in [2.24, 2.45) is 5.41 Å². The van der Waals surface area contributed by atoms with Gasteiger partial charge in [0.1, 0.15) is 93.0 Å². The molecule has 0 unspecified atom stereocenters. The molecule has 6 aliphatic rings. The minimum absolute atomic E-state index is 0.211. The molecule has 6 aromatic carbocycles. The van der Waals surface area contributed by atoms with Gasteiger partial charge in [-0.1, -0.05) is 64.1 Å². The zero-order valence-electron chi connectivity index (χ0n) is 34.8. The topological polar surface area (TPSA) is 107 Å². The summed E-state index contributed by atoms with van der Waals surface area (Å²) in [5.41, 5.74) is 12.4. The van der Waals surface area contributed by atoms with Gasteiger partial charge in [0.15, 0.2) is 0 Å². The van der Waals surface area contributed by atoms with Crippen molar-refractivity contribution in [1.82, 2.24) is 0 Å². The molecule has 62 heavy (non-hydrogen) atoms. The van der Waals surface area contributed by atoms with Crippen LogP contribution in [0.15, 0.2) is 91.0 Å². The van der Waals surface area contributed by atoms with Gasteiger partial charge in [-0.25, -0.2) is 0 Å². The summed E-state index contributed by atoms with van der Waals surface area (Å²) in [6, 6.07) is 29.8. The van der Waals surface area contributed by atoms with E-state index in [0.29, 0.717) is 51.2 Å². The molecule has 0 fully saturated rings. The maximum absolute atomic E-state index is 12.3. The van der Waals surface area contributed by atoms with Gasteiger partial charge in [-0.15, -0.1) is 0 Å². The van der Waals surface area contributed by atoms with Gasteiger partial charge in [0.25, 0.3) is 0 Å². The predicted octanol–water partition coefficient (Wildman–Crippen LogP) is 9.80. The fourth-order valence-corrected chi connectivity index (χ4v) is 12.4. The van der Waals surface area contributed by atoms with Crippen LogP contribution in [0, 0.1) is 5.41 Å². The van der Waals surface area contributed by atoms with E-state index < -0.39 is 21.7 Å². The van der Waals surface area contributed by atoms with Crippen molar-refractivity contribution in [2.45, 2.75) is 83.6 Å². The number of hydrogen-bond donors (Lipinski definition) is 0. The predicted molar refractivity (Wildman–Crippen MR) is 228 cm³/mol. The summed E-state index contributed by atoms with van der Waals surface area (Å²) >= 11 is 0. The third-order valence-corrected chi connectivity index (χ3v) is 15.7. The fourth-order valence-electron chi connectivity index (χ4n) is 12.4. The summed E-state index contributed by atoms with van der Waals surface area (Å²) in [7, 11) is 0. The molecule has 9 nitrogen and oxygen atoms in total. The molecule has 0 atom stereocenters. The number of carbonyl (C=O) groups excluding carboxylic acids is 3. The monoisotopic (exact) mass is 822 g/mol. The van der Waals surface area contributed by atoms with Crippen LogP contribution in [0.4, 0.5) is 0 Å². The van der Waals surface area contributed by atoms with Gasteiger partial charge in [0.05, 0.1) is 0 Å². The van der Waals surface area contributed by atoms with Crippen LogP contribution in [0.3, 0.4) is 0 Å². The highest BCUT2D eigenvalue weighted by atomic mass is 16.5. The quantitative estimate of drug-likeness (QED) is 0.161. The van der Waals surface area contributed by atoms with Crippen LogP contribution in [-0.2, 0) is 55.9 Å². The first-order valence-electron chi connectivity index (χ1n) is 21.1. The second kappa shape index (κ2) is 12.6. The zero-order chi connectivity index (χ0) is 42.3.